The van der Waals surface area contributed by atoms with Crippen molar-refractivity contribution in [3.63, 3.8) is 0 Å². The number of fused-ring (bicyclic) bond motifs is 3. The molecule has 4 aromatic rings. The first-order chi connectivity index (χ1) is 19.3. The summed E-state index contributed by atoms with van der Waals surface area (Å²) < 4.78 is 3.25. The van der Waals surface area contributed by atoms with E-state index in [0.29, 0.717) is 34.9 Å². The highest BCUT2D eigenvalue weighted by atomic mass is 16.3. The van der Waals surface area contributed by atoms with E-state index in [0.717, 1.165) is 42.6 Å². The molecule has 1 aliphatic carbocycles. The Morgan fingerprint density at radius 3 is 2.58 bits per heavy atom. The van der Waals surface area contributed by atoms with Crippen molar-refractivity contribution < 1.29 is 5.11 Å². The van der Waals surface area contributed by atoms with Gasteiger partial charge in [0.25, 0.3) is 5.56 Å². The first-order valence-electron chi connectivity index (χ1n) is 13.9. The third-order valence-corrected chi connectivity index (χ3v) is 8.71. The van der Waals surface area contributed by atoms with E-state index in [9.17, 15) is 9.90 Å². The van der Waals surface area contributed by atoms with Gasteiger partial charge in [0.2, 0.25) is 5.95 Å². The van der Waals surface area contributed by atoms with E-state index in [1.54, 1.807) is 28.6 Å². The number of allylic oxidation sites excluding steroid dienone is 1. The van der Waals surface area contributed by atoms with Gasteiger partial charge in [-0.2, -0.15) is 4.98 Å². The van der Waals surface area contributed by atoms with E-state index in [2.05, 4.69) is 45.9 Å². The molecule has 10 heteroatoms. The first-order valence-corrected chi connectivity index (χ1v) is 13.9. The van der Waals surface area contributed by atoms with Crippen molar-refractivity contribution >= 4 is 28.4 Å². The fourth-order valence-electron chi connectivity index (χ4n) is 6.69. The van der Waals surface area contributed by atoms with Crippen LogP contribution in [0.5, 0.6) is 0 Å². The summed E-state index contributed by atoms with van der Waals surface area (Å²) in [5.41, 5.74) is 2.98. The van der Waals surface area contributed by atoms with Gasteiger partial charge in [0.1, 0.15) is 11.0 Å². The second-order valence-electron chi connectivity index (χ2n) is 11.7. The topological polar surface area (TPSA) is 104 Å². The lowest BCUT2D eigenvalue weighted by molar-refractivity contribution is 0.0553. The third kappa shape index (κ3) is 4.10. The van der Waals surface area contributed by atoms with Gasteiger partial charge >= 0.3 is 0 Å². The second kappa shape index (κ2) is 9.28. The average molecular weight is 539 g/mol. The molecule has 10 nitrogen and oxygen atoms in total. The number of aromatic nitrogens is 5. The zero-order chi connectivity index (χ0) is 27.6. The monoisotopic (exact) mass is 538 g/mol. The molecule has 2 saturated heterocycles. The molecular weight excluding hydrogens is 504 g/mol. The van der Waals surface area contributed by atoms with Crippen LogP contribution >= 0.6 is 0 Å². The predicted molar refractivity (Wildman–Crippen MR) is 155 cm³/mol. The van der Waals surface area contributed by atoms with Crippen molar-refractivity contribution in [1.82, 2.24) is 29.2 Å². The fraction of sp³-hybridized carbons (Fsp3) is 0.400. The maximum Gasteiger partial charge on any atom is 0.278 e. The Balaban J connectivity index is 1.20. The van der Waals surface area contributed by atoms with E-state index in [-0.39, 0.29) is 12.1 Å². The molecule has 2 N–H and O–H groups in total. The second-order valence-corrected chi connectivity index (χ2v) is 11.7. The smallest absolute Gasteiger partial charge is 0.278 e. The van der Waals surface area contributed by atoms with Crippen molar-refractivity contribution in [2.24, 2.45) is 11.8 Å². The molecule has 0 spiro atoms. The maximum atomic E-state index is 13.3. The molecule has 1 aromatic carbocycles. The van der Waals surface area contributed by atoms with Gasteiger partial charge in [-0.25, -0.2) is 19.3 Å². The normalized spacial score (nSPS) is 24.0. The Morgan fingerprint density at radius 2 is 1.85 bits per heavy atom. The molecule has 0 amide bonds. The molecule has 3 aromatic heterocycles. The van der Waals surface area contributed by atoms with Crippen molar-refractivity contribution in [2.45, 2.75) is 31.9 Å². The Labute approximate surface area is 232 Å². The number of rotatable bonds is 6. The van der Waals surface area contributed by atoms with Crippen molar-refractivity contribution in [2.75, 3.05) is 43.4 Å². The maximum absolute atomic E-state index is 13.3. The van der Waals surface area contributed by atoms with Gasteiger partial charge in [-0.15, -0.1) is 6.58 Å². The summed E-state index contributed by atoms with van der Waals surface area (Å²) in [6.07, 6.45) is 4.62. The molecule has 7 rings (SSSR count). The van der Waals surface area contributed by atoms with Crippen molar-refractivity contribution in [3.05, 3.63) is 76.9 Å². The number of likely N-dealkylation sites (tertiary alicyclic amines) is 1. The Kier molecular flexibility index (Phi) is 5.79. The van der Waals surface area contributed by atoms with Gasteiger partial charge in [-0.05, 0) is 74.5 Å². The van der Waals surface area contributed by atoms with Gasteiger partial charge in [-0.1, -0.05) is 12.1 Å². The Hall–Kier alpha value is -4.02. The van der Waals surface area contributed by atoms with Crippen LogP contribution in [0.15, 0.2) is 60.0 Å². The van der Waals surface area contributed by atoms with E-state index >= 15 is 0 Å². The number of aryl methyl sites for hydroxylation is 1. The molecule has 2 aliphatic heterocycles. The quantitative estimate of drug-likeness (QED) is 0.361. The number of nitrogens with one attached hydrogen (secondary N) is 1. The zero-order valence-corrected chi connectivity index (χ0v) is 22.9. The van der Waals surface area contributed by atoms with Crippen LogP contribution in [0.3, 0.4) is 0 Å². The number of hydrogen-bond acceptors (Lipinski definition) is 8. The van der Waals surface area contributed by atoms with Crippen LogP contribution in [0.25, 0.3) is 16.9 Å². The van der Waals surface area contributed by atoms with E-state index in [1.807, 2.05) is 24.3 Å². The van der Waals surface area contributed by atoms with Crippen LogP contribution in [0.2, 0.25) is 0 Å². The lowest BCUT2D eigenvalue weighted by atomic mass is 10.0. The van der Waals surface area contributed by atoms with Crippen LogP contribution in [-0.2, 0) is 18.6 Å². The van der Waals surface area contributed by atoms with Crippen molar-refractivity contribution in [3.8, 4) is 5.82 Å². The molecule has 40 heavy (non-hydrogen) atoms. The summed E-state index contributed by atoms with van der Waals surface area (Å²) in [6.45, 7) is 10.5. The third-order valence-electron chi connectivity index (χ3n) is 8.71. The number of nitrogens with zero attached hydrogens (tertiary/aromatic N) is 7. The number of benzene rings is 1. The summed E-state index contributed by atoms with van der Waals surface area (Å²) in [7, 11) is 2.21. The SMILES string of the molecule is C=CCn1c(=O)c2cnc(Nc3ccc(N4C[C@H]5CN(C)C[C@H]5C4)cc3)nc2n1-c1ccc2c(n1)C(C)(O)CC2. The largest absolute Gasteiger partial charge is 0.384 e. The molecule has 5 heterocycles. The van der Waals surface area contributed by atoms with Gasteiger partial charge in [-0.3, -0.25) is 4.79 Å². The number of hydrogen-bond donors (Lipinski definition) is 2. The van der Waals surface area contributed by atoms with Crippen LogP contribution < -0.4 is 15.8 Å². The van der Waals surface area contributed by atoms with Crippen LogP contribution in [-0.4, -0.2) is 67.5 Å². The molecule has 3 atom stereocenters. The summed E-state index contributed by atoms with van der Waals surface area (Å²) in [4.78, 5) is 32.2. The summed E-state index contributed by atoms with van der Waals surface area (Å²) in [6, 6.07) is 12.2. The van der Waals surface area contributed by atoms with Crippen LogP contribution in [0, 0.1) is 11.8 Å². The summed E-state index contributed by atoms with van der Waals surface area (Å²) >= 11 is 0. The molecule has 3 aliphatic rings. The molecule has 0 radical (unpaired) electrons. The van der Waals surface area contributed by atoms with Crippen LogP contribution in [0.4, 0.5) is 17.3 Å². The summed E-state index contributed by atoms with van der Waals surface area (Å²) in [5, 5.41) is 14.6. The van der Waals surface area contributed by atoms with Crippen molar-refractivity contribution in [1.29, 1.82) is 0 Å². The number of pyridine rings is 1. The molecule has 1 unspecified atom stereocenters. The predicted octanol–water partition coefficient (Wildman–Crippen LogP) is 3.06. The standard InChI is InChI=1S/C30H34N8O2/c1-4-13-37-28(39)24-14-31-29(34-27(24)38(37)25-10-5-19-11-12-30(2,40)26(19)33-25)32-22-6-8-23(9-7-22)36-17-20-15-35(3)16-21(20)18-36/h4-10,14,20-21,40H,1,11-13,15-18H2,2-3H3,(H,31,32,34)/t20-,21+,30?. The van der Waals surface area contributed by atoms with E-state index in [1.165, 1.54) is 18.8 Å². The highest BCUT2D eigenvalue weighted by molar-refractivity contribution is 5.77. The highest BCUT2D eigenvalue weighted by Gasteiger charge is 2.38. The van der Waals surface area contributed by atoms with E-state index < -0.39 is 5.60 Å². The van der Waals surface area contributed by atoms with Gasteiger partial charge in [0.15, 0.2) is 11.5 Å². The lowest BCUT2D eigenvalue weighted by Crippen LogP contribution is -2.26. The molecule has 0 bridgehead atoms. The first kappa shape index (κ1) is 25.0. The summed E-state index contributed by atoms with van der Waals surface area (Å²) in [5.74, 6) is 2.41. The van der Waals surface area contributed by atoms with Gasteiger partial charge < -0.3 is 20.2 Å². The number of aliphatic hydroxyl groups is 1. The van der Waals surface area contributed by atoms with Crippen LogP contribution in [0.1, 0.15) is 24.6 Å². The minimum absolute atomic E-state index is 0.221. The molecule has 0 saturated carbocycles. The molecular formula is C30H34N8O2. The Bertz CT molecular complexity index is 1660. The average Bonchev–Trinajstić information content (AvgIpc) is 3.65. The van der Waals surface area contributed by atoms with E-state index in [4.69, 9.17) is 9.97 Å². The highest BCUT2D eigenvalue weighted by Crippen LogP contribution is 2.36. The molecule has 206 valence electrons. The Morgan fingerprint density at radius 1 is 1.10 bits per heavy atom. The lowest BCUT2D eigenvalue weighted by Gasteiger charge is -2.21. The number of anilines is 3. The minimum Gasteiger partial charge on any atom is -0.384 e. The molecule has 2 fully saturated rings. The zero-order valence-electron chi connectivity index (χ0n) is 22.9. The van der Waals surface area contributed by atoms with Gasteiger partial charge in [0, 0.05) is 43.8 Å². The fourth-order valence-corrected chi connectivity index (χ4v) is 6.69. The van der Waals surface area contributed by atoms with Gasteiger partial charge in [0.05, 0.1) is 12.2 Å². The minimum atomic E-state index is -1.00.